The molecule has 0 bridgehead atoms. The molecule has 0 unspecified atom stereocenters. The van der Waals surface area contributed by atoms with Gasteiger partial charge in [0.2, 0.25) is 5.91 Å². The van der Waals surface area contributed by atoms with Crippen LogP contribution in [0.25, 0.3) is 10.9 Å². The number of benzene rings is 2. The van der Waals surface area contributed by atoms with Crippen molar-refractivity contribution < 1.29 is 9.18 Å². The predicted molar refractivity (Wildman–Crippen MR) is 124 cm³/mol. The molecule has 4 rings (SSSR count). The van der Waals surface area contributed by atoms with E-state index in [1.54, 1.807) is 18.2 Å². The van der Waals surface area contributed by atoms with Crippen molar-refractivity contribution in [1.29, 1.82) is 0 Å². The molecule has 2 aromatic carbocycles. The number of halogens is 1. The Morgan fingerprint density at radius 2 is 1.84 bits per heavy atom. The summed E-state index contributed by atoms with van der Waals surface area (Å²) in [7, 11) is 3.83. The van der Waals surface area contributed by atoms with Crippen molar-refractivity contribution >= 4 is 22.6 Å². The molecule has 164 valence electrons. The number of hydrogen-bond donors (Lipinski definition) is 2. The lowest BCUT2D eigenvalue weighted by molar-refractivity contribution is -0.121. The molecule has 0 aliphatic rings. The standard InChI is InChI=1S/C25H26FN5O/c1-16-28-23(14-24(29-16)31(2)3)22(12-18-15-27-21-11-7-5-9-19(18)21)30-25(32)13-17-8-4-6-10-20(17)26/h4-11,14-15,22,27H,12-13H2,1-3H3,(H,30,32)/t22-/m0/s1. The minimum Gasteiger partial charge on any atom is -0.363 e. The highest BCUT2D eigenvalue weighted by atomic mass is 19.1. The fourth-order valence-corrected chi connectivity index (χ4v) is 3.79. The first-order chi connectivity index (χ1) is 15.4. The molecule has 2 heterocycles. The Kier molecular flexibility index (Phi) is 6.16. The normalized spacial score (nSPS) is 12.0. The summed E-state index contributed by atoms with van der Waals surface area (Å²) in [6.45, 7) is 1.83. The van der Waals surface area contributed by atoms with E-state index in [9.17, 15) is 9.18 Å². The highest BCUT2D eigenvalue weighted by Gasteiger charge is 2.21. The van der Waals surface area contributed by atoms with E-state index in [1.165, 1.54) is 6.07 Å². The molecular weight excluding hydrogens is 405 g/mol. The summed E-state index contributed by atoms with van der Waals surface area (Å²) in [5.41, 5.74) is 3.18. The smallest absolute Gasteiger partial charge is 0.225 e. The summed E-state index contributed by atoms with van der Waals surface area (Å²) in [6, 6.07) is 15.9. The van der Waals surface area contributed by atoms with E-state index in [2.05, 4.69) is 26.3 Å². The van der Waals surface area contributed by atoms with Crippen LogP contribution in [0.5, 0.6) is 0 Å². The van der Waals surface area contributed by atoms with Gasteiger partial charge in [-0.2, -0.15) is 0 Å². The SMILES string of the molecule is Cc1nc([C@H](Cc2c[nH]c3ccccc23)NC(=O)Cc2ccccc2F)cc(N(C)C)n1. The summed E-state index contributed by atoms with van der Waals surface area (Å²) in [5, 5.41) is 4.17. The summed E-state index contributed by atoms with van der Waals surface area (Å²) in [6.07, 6.45) is 2.46. The van der Waals surface area contributed by atoms with Crippen LogP contribution in [0.2, 0.25) is 0 Å². The molecule has 32 heavy (non-hydrogen) atoms. The first-order valence-corrected chi connectivity index (χ1v) is 10.5. The molecule has 0 spiro atoms. The fraction of sp³-hybridized carbons (Fsp3) is 0.240. The number of fused-ring (bicyclic) bond motifs is 1. The molecule has 1 atom stereocenters. The lowest BCUT2D eigenvalue weighted by atomic mass is 10.0. The summed E-state index contributed by atoms with van der Waals surface area (Å²) in [5.74, 6) is 0.740. The van der Waals surface area contributed by atoms with Gasteiger partial charge in [-0.05, 0) is 30.2 Å². The molecule has 0 saturated carbocycles. The van der Waals surface area contributed by atoms with E-state index in [-0.39, 0.29) is 18.1 Å². The number of aromatic amines is 1. The number of carbonyl (C=O) groups is 1. The van der Waals surface area contributed by atoms with Crippen molar-refractivity contribution in [3.05, 3.63) is 89.3 Å². The fourth-order valence-electron chi connectivity index (χ4n) is 3.79. The number of anilines is 1. The molecule has 6 nitrogen and oxygen atoms in total. The number of rotatable bonds is 7. The Balaban J connectivity index is 1.66. The van der Waals surface area contributed by atoms with Crippen molar-refractivity contribution in [3.8, 4) is 0 Å². The van der Waals surface area contributed by atoms with E-state index in [0.717, 1.165) is 22.3 Å². The zero-order valence-electron chi connectivity index (χ0n) is 18.4. The van der Waals surface area contributed by atoms with Crippen LogP contribution in [0.3, 0.4) is 0 Å². The van der Waals surface area contributed by atoms with Gasteiger partial charge >= 0.3 is 0 Å². The van der Waals surface area contributed by atoms with Crippen molar-refractivity contribution in [2.75, 3.05) is 19.0 Å². The lowest BCUT2D eigenvalue weighted by Gasteiger charge is -2.21. The average molecular weight is 432 g/mol. The zero-order valence-corrected chi connectivity index (χ0v) is 18.4. The van der Waals surface area contributed by atoms with Crippen molar-refractivity contribution in [1.82, 2.24) is 20.3 Å². The second kappa shape index (κ2) is 9.18. The number of amides is 1. The minimum absolute atomic E-state index is 0.0400. The largest absolute Gasteiger partial charge is 0.363 e. The topological polar surface area (TPSA) is 73.9 Å². The molecule has 0 aliphatic carbocycles. The number of aromatic nitrogens is 3. The number of aryl methyl sites for hydroxylation is 1. The summed E-state index contributed by atoms with van der Waals surface area (Å²) >= 11 is 0. The maximum atomic E-state index is 14.1. The quantitative estimate of drug-likeness (QED) is 0.462. The molecule has 7 heteroatoms. The Morgan fingerprint density at radius 3 is 2.62 bits per heavy atom. The number of hydrogen-bond acceptors (Lipinski definition) is 4. The first-order valence-electron chi connectivity index (χ1n) is 10.5. The van der Waals surface area contributed by atoms with Gasteiger partial charge in [0.15, 0.2) is 0 Å². The van der Waals surface area contributed by atoms with Crippen LogP contribution >= 0.6 is 0 Å². The monoisotopic (exact) mass is 431 g/mol. The van der Waals surface area contributed by atoms with Crippen LogP contribution < -0.4 is 10.2 Å². The van der Waals surface area contributed by atoms with Crippen LogP contribution in [0, 0.1) is 12.7 Å². The van der Waals surface area contributed by atoms with Crippen molar-refractivity contribution in [2.45, 2.75) is 25.8 Å². The van der Waals surface area contributed by atoms with Crippen LogP contribution in [0.15, 0.2) is 60.8 Å². The predicted octanol–water partition coefficient (Wildman–Crippen LogP) is 4.11. The number of H-pyrrole nitrogens is 1. The van der Waals surface area contributed by atoms with Gasteiger partial charge in [0, 0.05) is 43.7 Å². The summed E-state index contributed by atoms with van der Waals surface area (Å²) in [4.78, 5) is 27.2. The van der Waals surface area contributed by atoms with E-state index in [0.29, 0.717) is 23.5 Å². The van der Waals surface area contributed by atoms with Gasteiger partial charge in [-0.15, -0.1) is 0 Å². The maximum absolute atomic E-state index is 14.1. The molecule has 4 aromatic rings. The highest BCUT2D eigenvalue weighted by Crippen LogP contribution is 2.25. The van der Waals surface area contributed by atoms with Gasteiger partial charge in [0.05, 0.1) is 18.2 Å². The molecule has 2 aromatic heterocycles. The number of nitrogens with zero attached hydrogens (tertiary/aromatic N) is 3. The Bertz CT molecular complexity index is 1250. The third kappa shape index (κ3) is 4.77. The van der Waals surface area contributed by atoms with Gasteiger partial charge < -0.3 is 15.2 Å². The Morgan fingerprint density at radius 1 is 1.09 bits per heavy atom. The molecule has 2 N–H and O–H groups in total. The zero-order chi connectivity index (χ0) is 22.7. The van der Waals surface area contributed by atoms with Crippen LogP contribution in [-0.2, 0) is 17.6 Å². The number of carbonyl (C=O) groups excluding carboxylic acids is 1. The van der Waals surface area contributed by atoms with Crippen molar-refractivity contribution in [3.63, 3.8) is 0 Å². The van der Waals surface area contributed by atoms with Crippen LogP contribution in [0.4, 0.5) is 10.2 Å². The van der Waals surface area contributed by atoms with E-state index >= 15 is 0 Å². The van der Waals surface area contributed by atoms with E-state index < -0.39 is 6.04 Å². The molecular formula is C25H26FN5O. The van der Waals surface area contributed by atoms with Gasteiger partial charge in [0.25, 0.3) is 0 Å². The number of para-hydroxylation sites is 1. The van der Waals surface area contributed by atoms with Crippen LogP contribution in [-0.4, -0.2) is 35.0 Å². The van der Waals surface area contributed by atoms with Gasteiger partial charge in [-0.3, -0.25) is 4.79 Å². The highest BCUT2D eigenvalue weighted by molar-refractivity contribution is 5.83. The molecule has 0 saturated heterocycles. The maximum Gasteiger partial charge on any atom is 0.225 e. The second-order valence-corrected chi connectivity index (χ2v) is 8.04. The lowest BCUT2D eigenvalue weighted by Crippen LogP contribution is -2.32. The van der Waals surface area contributed by atoms with Gasteiger partial charge in [0.1, 0.15) is 17.5 Å². The summed E-state index contributed by atoms with van der Waals surface area (Å²) < 4.78 is 14.1. The third-order valence-corrected chi connectivity index (χ3v) is 5.40. The Labute approximate surface area is 186 Å². The third-order valence-electron chi connectivity index (χ3n) is 5.40. The van der Waals surface area contributed by atoms with Gasteiger partial charge in [-0.1, -0.05) is 36.4 Å². The molecule has 1 amide bonds. The second-order valence-electron chi connectivity index (χ2n) is 8.04. The Hall–Kier alpha value is -3.74. The molecule has 0 fully saturated rings. The van der Waals surface area contributed by atoms with Crippen LogP contribution in [0.1, 0.15) is 28.7 Å². The van der Waals surface area contributed by atoms with E-state index in [4.69, 9.17) is 0 Å². The van der Waals surface area contributed by atoms with Gasteiger partial charge in [-0.25, -0.2) is 14.4 Å². The minimum atomic E-state index is -0.395. The number of nitrogens with one attached hydrogen (secondary N) is 2. The molecule has 0 radical (unpaired) electrons. The van der Waals surface area contributed by atoms with Crippen molar-refractivity contribution in [2.24, 2.45) is 0 Å². The first kappa shape index (κ1) is 21.5. The van der Waals surface area contributed by atoms with E-state index in [1.807, 2.05) is 56.4 Å². The molecule has 0 aliphatic heterocycles. The average Bonchev–Trinajstić information content (AvgIpc) is 3.17.